The second-order valence-corrected chi connectivity index (χ2v) is 5.64. The summed E-state index contributed by atoms with van der Waals surface area (Å²) in [6.45, 7) is 0. The van der Waals surface area contributed by atoms with Crippen molar-refractivity contribution in [1.82, 2.24) is 0 Å². The van der Waals surface area contributed by atoms with Gasteiger partial charge in [-0.1, -0.05) is 32.1 Å². The molecule has 1 saturated carbocycles. The molecule has 0 aliphatic heterocycles. The summed E-state index contributed by atoms with van der Waals surface area (Å²) in [6, 6.07) is 1.89. The second-order valence-electron chi connectivity index (χ2n) is 4.72. The fourth-order valence-corrected chi connectivity index (χ4v) is 3.42. The van der Waals surface area contributed by atoms with Crippen LogP contribution in [0.1, 0.15) is 54.6 Å². The minimum absolute atomic E-state index is 0.225. The standard InChI is InChI=1S/C14H20O2S/c1-16-12-9-10-17-14(12)13(15)11-7-5-3-2-4-6-8-11/h9-11H,2-8H2,1H3. The van der Waals surface area contributed by atoms with Crippen LogP contribution in [-0.4, -0.2) is 12.9 Å². The van der Waals surface area contributed by atoms with Crippen LogP contribution in [0.25, 0.3) is 0 Å². The molecule has 0 bridgehead atoms. The molecule has 2 nitrogen and oxygen atoms in total. The van der Waals surface area contributed by atoms with Crippen molar-refractivity contribution < 1.29 is 9.53 Å². The number of hydrogen-bond acceptors (Lipinski definition) is 3. The van der Waals surface area contributed by atoms with Gasteiger partial charge in [0.2, 0.25) is 0 Å². The zero-order valence-corrected chi connectivity index (χ0v) is 11.2. The van der Waals surface area contributed by atoms with E-state index in [1.807, 2.05) is 11.4 Å². The molecular weight excluding hydrogens is 232 g/mol. The molecular formula is C14H20O2S. The molecule has 3 heteroatoms. The Morgan fingerprint density at radius 3 is 2.53 bits per heavy atom. The van der Waals surface area contributed by atoms with E-state index >= 15 is 0 Å². The van der Waals surface area contributed by atoms with Crippen molar-refractivity contribution in [1.29, 1.82) is 0 Å². The Bertz CT molecular complexity index is 362. The van der Waals surface area contributed by atoms with E-state index in [-0.39, 0.29) is 5.92 Å². The van der Waals surface area contributed by atoms with Gasteiger partial charge in [0.05, 0.1) is 7.11 Å². The van der Waals surface area contributed by atoms with Gasteiger partial charge in [-0.05, 0) is 24.3 Å². The molecule has 0 amide bonds. The number of rotatable bonds is 3. The lowest BCUT2D eigenvalue weighted by atomic mass is 9.87. The maximum absolute atomic E-state index is 12.4. The molecule has 17 heavy (non-hydrogen) atoms. The van der Waals surface area contributed by atoms with Crippen LogP contribution in [0, 0.1) is 5.92 Å². The molecule has 0 aromatic carbocycles. The Balaban J connectivity index is 2.07. The first kappa shape index (κ1) is 12.6. The summed E-state index contributed by atoms with van der Waals surface area (Å²) in [7, 11) is 1.64. The largest absolute Gasteiger partial charge is 0.495 e. The number of ketones is 1. The summed E-state index contributed by atoms with van der Waals surface area (Å²) in [4.78, 5) is 13.3. The van der Waals surface area contributed by atoms with Gasteiger partial charge in [-0.3, -0.25) is 4.79 Å². The summed E-state index contributed by atoms with van der Waals surface area (Å²) >= 11 is 1.51. The van der Waals surface area contributed by atoms with Crippen molar-refractivity contribution in [2.24, 2.45) is 5.92 Å². The Morgan fingerprint density at radius 2 is 1.88 bits per heavy atom. The molecule has 0 spiro atoms. The predicted octanol–water partition coefficient (Wildman–Crippen LogP) is 4.30. The zero-order chi connectivity index (χ0) is 12.1. The molecule has 94 valence electrons. The first-order chi connectivity index (χ1) is 8.33. The average molecular weight is 252 g/mol. The minimum atomic E-state index is 0.225. The Morgan fingerprint density at radius 1 is 1.24 bits per heavy atom. The van der Waals surface area contributed by atoms with Gasteiger partial charge in [-0.25, -0.2) is 0 Å². The van der Waals surface area contributed by atoms with E-state index in [1.54, 1.807) is 7.11 Å². The Labute approximate surface area is 107 Å². The molecule has 0 N–H and O–H groups in total. The third-order valence-electron chi connectivity index (χ3n) is 3.55. The van der Waals surface area contributed by atoms with Crippen molar-refractivity contribution in [2.75, 3.05) is 7.11 Å². The van der Waals surface area contributed by atoms with Crippen molar-refractivity contribution in [3.05, 3.63) is 16.3 Å². The molecule has 1 heterocycles. The molecule has 1 fully saturated rings. The van der Waals surface area contributed by atoms with Gasteiger partial charge in [-0.2, -0.15) is 0 Å². The van der Waals surface area contributed by atoms with Crippen molar-refractivity contribution in [3.8, 4) is 5.75 Å². The first-order valence-electron chi connectivity index (χ1n) is 6.48. The van der Waals surface area contributed by atoms with E-state index < -0.39 is 0 Å². The summed E-state index contributed by atoms with van der Waals surface area (Å²) < 4.78 is 5.24. The van der Waals surface area contributed by atoms with E-state index in [0.29, 0.717) is 5.78 Å². The smallest absolute Gasteiger partial charge is 0.179 e. The number of carbonyl (C=O) groups excluding carboxylic acids is 1. The fraction of sp³-hybridized carbons (Fsp3) is 0.643. The zero-order valence-electron chi connectivity index (χ0n) is 10.4. The van der Waals surface area contributed by atoms with Crippen LogP contribution in [0.4, 0.5) is 0 Å². The van der Waals surface area contributed by atoms with Crippen LogP contribution >= 0.6 is 11.3 Å². The average Bonchev–Trinajstić information content (AvgIpc) is 2.75. The number of thiophene rings is 1. The highest BCUT2D eigenvalue weighted by Gasteiger charge is 2.24. The van der Waals surface area contributed by atoms with Gasteiger partial charge in [0.1, 0.15) is 10.6 Å². The molecule has 1 aromatic rings. The van der Waals surface area contributed by atoms with Crippen LogP contribution in [0.2, 0.25) is 0 Å². The molecule has 1 aliphatic carbocycles. The summed E-state index contributed by atoms with van der Waals surface area (Å²) in [5.74, 6) is 1.28. The maximum atomic E-state index is 12.4. The molecule has 1 aliphatic rings. The van der Waals surface area contributed by atoms with Crippen LogP contribution < -0.4 is 4.74 Å². The lowest BCUT2D eigenvalue weighted by Gasteiger charge is -2.18. The third-order valence-corrected chi connectivity index (χ3v) is 4.46. The topological polar surface area (TPSA) is 26.3 Å². The van der Waals surface area contributed by atoms with Crippen LogP contribution in [0.3, 0.4) is 0 Å². The molecule has 1 aromatic heterocycles. The van der Waals surface area contributed by atoms with Crippen LogP contribution in [0.5, 0.6) is 5.75 Å². The number of carbonyl (C=O) groups is 1. The highest BCUT2D eigenvalue weighted by atomic mass is 32.1. The summed E-state index contributed by atoms with van der Waals surface area (Å²) in [6.07, 6.45) is 8.41. The molecule has 0 radical (unpaired) electrons. The van der Waals surface area contributed by atoms with E-state index in [2.05, 4.69) is 0 Å². The van der Waals surface area contributed by atoms with Crippen molar-refractivity contribution >= 4 is 17.1 Å². The third kappa shape index (κ3) is 3.09. The van der Waals surface area contributed by atoms with Gasteiger partial charge in [0, 0.05) is 5.92 Å². The van der Waals surface area contributed by atoms with E-state index in [4.69, 9.17) is 4.74 Å². The minimum Gasteiger partial charge on any atom is -0.495 e. The van der Waals surface area contributed by atoms with Gasteiger partial charge in [-0.15, -0.1) is 11.3 Å². The predicted molar refractivity (Wildman–Crippen MR) is 71.0 cm³/mol. The number of Topliss-reactive ketones (excluding diaryl/α,β-unsaturated/α-hetero) is 1. The highest BCUT2D eigenvalue weighted by Crippen LogP contribution is 2.32. The molecule has 0 atom stereocenters. The van der Waals surface area contributed by atoms with Gasteiger partial charge < -0.3 is 4.74 Å². The molecule has 0 unspecified atom stereocenters. The van der Waals surface area contributed by atoms with Crippen molar-refractivity contribution in [2.45, 2.75) is 44.9 Å². The normalized spacial score (nSPS) is 18.4. The lowest BCUT2D eigenvalue weighted by molar-refractivity contribution is 0.0900. The van der Waals surface area contributed by atoms with E-state index in [0.717, 1.165) is 23.5 Å². The van der Waals surface area contributed by atoms with Crippen LogP contribution in [0.15, 0.2) is 11.4 Å². The SMILES string of the molecule is COc1ccsc1C(=O)C1CCCCCCC1. The first-order valence-corrected chi connectivity index (χ1v) is 7.36. The number of hydrogen-bond donors (Lipinski definition) is 0. The lowest BCUT2D eigenvalue weighted by Crippen LogP contribution is -2.15. The summed E-state index contributed by atoms with van der Waals surface area (Å²) in [5.41, 5.74) is 0. The fourth-order valence-electron chi connectivity index (χ4n) is 2.54. The highest BCUT2D eigenvalue weighted by molar-refractivity contribution is 7.12. The second kappa shape index (κ2) is 6.20. The molecule has 0 saturated heterocycles. The van der Waals surface area contributed by atoms with Gasteiger partial charge in [0.15, 0.2) is 5.78 Å². The summed E-state index contributed by atoms with van der Waals surface area (Å²) in [5, 5.41) is 1.94. The van der Waals surface area contributed by atoms with E-state index in [9.17, 15) is 4.79 Å². The Kier molecular flexibility index (Phi) is 4.60. The quantitative estimate of drug-likeness (QED) is 0.750. The maximum Gasteiger partial charge on any atom is 0.179 e. The monoisotopic (exact) mass is 252 g/mol. The van der Waals surface area contributed by atoms with Crippen LogP contribution in [-0.2, 0) is 0 Å². The number of methoxy groups -OCH3 is 1. The number of ether oxygens (including phenoxy) is 1. The van der Waals surface area contributed by atoms with Gasteiger partial charge in [0.25, 0.3) is 0 Å². The Hall–Kier alpha value is -0.830. The molecule has 2 rings (SSSR count). The van der Waals surface area contributed by atoms with E-state index in [1.165, 1.54) is 43.4 Å². The van der Waals surface area contributed by atoms with Crippen molar-refractivity contribution in [3.63, 3.8) is 0 Å². The van der Waals surface area contributed by atoms with Gasteiger partial charge >= 0.3 is 0 Å².